The van der Waals surface area contributed by atoms with Gasteiger partial charge in [-0.3, -0.25) is 4.99 Å². The van der Waals surface area contributed by atoms with Gasteiger partial charge in [0.2, 0.25) is 0 Å². The summed E-state index contributed by atoms with van der Waals surface area (Å²) in [5.74, 6) is 0.887. The molecule has 2 unspecified atom stereocenters. The Bertz CT molecular complexity index is 2600. The summed E-state index contributed by atoms with van der Waals surface area (Å²) in [6.07, 6.45) is 6.80. The lowest BCUT2D eigenvalue weighted by atomic mass is 9.87. The van der Waals surface area contributed by atoms with Crippen molar-refractivity contribution in [2.75, 3.05) is 0 Å². The highest BCUT2D eigenvalue weighted by Gasteiger charge is 2.40. The second-order valence-electron chi connectivity index (χ2n) is 14.4. The van der Waals surface area contributed by atoms with Crippen LogP contribution < -0.4 is 0 Å². The molecule has 7 aromatic rings. The van der Waals surface area contributed by atoms with Crippen molar-refractivity contribution >= 4 is 34.5 Å². The summed E-state index contributed by atoms with van der Waals surface area (Å²) in [6, 6.07) is 65.6. The molecular formula is C52H38N2S. The molecule has 3 heteroatoms. The zero-order chi connectivity index (χ0) is 36.6. The van der Waals surface area contributed by atoms with E-state index in [1.165, 1.54) is 55.0 Å². The van der Waals surface area contributed by atoms with Crippen LogP contribution in [-0.2, 0) is 0 Å². The van der Waals surface area contributed by atoms with Crippen LogP contribution in [0, 0.1) is 0 Å². The summed E-state index contributed by atoms with van der Waals surface area (Å²) < 4.78 is 0. The maximum Gasteiger partial charge on any atom is 0.156 e. The Morgan fingerprint density at radius 2 is 0.945 bits per heavy atom. The Labute approximate surface area is 327 Å². The molecule has 0 radical (unpaired) electrons. The summed E-state index contributed by atoms with van der Waals surface area (Å²) in [6.45, 7) is 0. The average Bonchev–Trinajstić information content (AvgIpc) is 3.66. The number of allylic oxidation sites excluding steroid dienone is 4. The molecule has 55 heavy (non-hydrogen) atoms. The Hall–Kier alpha value is -6.29. The lowest BCUT2D eigenvalue weighted by molar-refractivity contribution is 0.832. The van der Waals surface area contributed by atoms with Crippen LogP contribution in [0.15, 0.2) is 209 Å². The predicted octanol–water partition coefficient (Wildman–Crippen LogP) is 13.4. The first-order valence-corrected chi connectivity index (χ1v) is 20.0. The first-order chi connectivity index (χ1) is 27.2. The van der Waals surface area contributed by atoms with Gasteiger partial charge in [0, 0.05) is 10.5 Å². The average molecular weight is 723 g/mol. The van der Waals surface area contributed by atoms with E-state index in [0.717, 1.165) is 46.6 Å². The first kappa shape index (κ1) is 33.3. The Morgan fingerprint density at radius 3 is 1.58 bits per heavy atom. The molecule has 0 fully saturated rings. The minimum Gasteiger partial charge on any atom is -0.250 e. The van der Waals surface area contributed by atoms with E-state index in [4.69, 9.17) is 9.98 Å². The summed E-state index contributed by atoms with van der Waals surface area (Å²) in [5.41, 5.74) is 16.7. The van der Waals surface area contributed by atoms with Gasteiger partial charge < -0.3 is 0 Å². The maximum absolute atomic E-state index is 5.50. The van der Waals surface area contributed by atoms with Crippen LogP contribution >= 0.6 is 11.8 Å². The highest BCUT2D eigenvalue weighted by atomic mass is 32.2. The molecule has 2 heterocycles. The number of nitrogens with zero attached hydrogens (tertiary/aromatic N) is 2. The molecule has 0 aromatic heterocycles. The van der Waals surface area contributed by atoms with Crippen LogP contribution in [0.5, 0.6) is 0 Å². The molecule has 2 atom stereocenters. The second kappa shape index (κ2) is 14.5. The number of aliphatic imine (C=N–C) groups is 2. The third-order valence-electron chi connectivity index (χ3n) is 10.9. The number of hydrogen-bond acceptors (Lipinski definition) is 3. The SMILES string of the molecule is C1=C(c2cc(C3=NC4Sc5ccccc5C4C(c4ccccc4)=N3)cc(-c3cc(-c4ccccc4)cc(-c4ccccc4)c3)c2)C=C(c2ccccc2)CC1. The van der Waals surface area contributed by atoms with E-state index in [0.29, 0.717) is 0 Å². The number of hydrogen-bond donors (Lipinski definition) is 0. The summed E-state index contributed by atoms with van der Waals surface area (Å²) >= 11 is 1.86. The molecule has 3 aliphatic rings. The number of rotatable bonds is 7. The van der Waals surface area contributed by atoms with Gasteiger partial charge in [0.1, 0.15) is 5.37 Å². The van der Waals surface area contributed by atoms with E-state index >= 15 is 0 Å². The molecule has 10 rings (SSSR count). The topological polar surface area (TPSA) is 24.7 Å². The lowest BCUT2D eigenvalue weighted by Crippen LogP contribution is -2.27. The fourth-order valence-corrected chi connectivity index (χ4v) is 9.48. The standard InChI is InChI=1S/C52H38N2S/c1-5-16-35(17-6-1)39-24-15-25-40(28-39)43-32-45(44-30-41(36-18-7-2-8-19-36)29-42(31-44)37-20-9-3-10-21-37)34-46(33-43)51-53-50(38-22-11-4-12-23-38)49-47-26-13-14-27-48(47)55-52(49)54-51/h1-14,16-23,25-34,49,52H,15,24H2. The van der Waals surface area contributed by atoms with Crippen LogP contribution in [0.25, 0.3) is 44.5 Å². The normalized spacial score (nSPS) is 17.3. The van der Waals surface area contributed by atoms with Crippen LogP contribution in [-0.4, -0.2) is 16.9 Å². The van der Waals surface area contributed by atoms with Gasteiger partial charge in [0.25, 0.3) is 0 Å². The fraction of sp³-hybridized carbons (Fsp3) is 0.0769. The van der Waals surface area contributed by atoms with Crippen LogP contribution in [0.3, 0.4) is 0 Å². The van der Waals surface area contributed by atoms with Crippen molar-refractivity contribution in [3.05, 3.63) is 222 Å². The zero-order valence-corrected chi connectivity index (χ0v) is 31.2. The molecule has 2 aliphatic heterocycles. The highest BCUT2D eigenvalue weighted by Crippen LogP contribution is 2.49. The predicted molar refractivity (Wildman–Crippen MR) is 233 cm³/mol. The largest absolute Gasteiger partial charge is 0.250 e. The zero-order valence-electron chi connectivity index (χ0n) is 30.3. The molecular weight excluding hydrogens is 685 g/mol. The molecule has 0 saturated carbocycles. The highest BCUT2D eigenvalue weighted by molar-refractivity contribution is 8.00. The van der Waals surface area contributed by atoms with E-state index in [9.17, 15) is 0 Å². The summed E-state index contributed by atoms with van der Waals surface area (Å²) in [7, 11) is 0. The van der Waals surface area contributed by atoms with Crippen molar-refractivity contribution in [1.82, 2.24) is 0 Å². The van der Waals surface area contributed by atoms with Gasteiger partial charge in [0.15, 0.2) is 5.84 Å². The molecule has 262 valence electrons. The van der Waals surface area contributed by atoms with Gasteiger partial charge in [-0.2, -0.15) is 0 Å². The molecule has 0 bridgehead atoms. The third kappa shape index (κ3) is 6.62. The Balaban J connectivity index is 1.17. The fourth-order valence-electron chi connectivity index (χ4n) is 8.17. The molecule has 7 aromatic carbocycles. The molecule has 0 N–H and O–H groups in total. The van der Waals surface area contributed by atoms with E-state index < -0.39 is 0 Å². The summed E-state index contributed by atoms with van der Waals surface area (Å²) in [4.78, 5) is 12.3. The van der Waals surface area contributed by atoms with Crippen molar-refractivity contribution in [2.24, 2.45) is 9.98 Å². The van der Waals surface area contributed by atoms with Crippen molar-refractivity contribution in [3.8, 4) is 33.4 Å². The van der Waals surface area contributed by atoms with Gasteiger partial charge in [-0.05, 0) is 122 Å². The van der Waals surface area contributed by atoms with E-state index in [1.807, 2.05) is 11.8 Å². The van der Waals surface area contributed by atoms with Gasteiger partial charge in [-0.1, -0.05) is 163 Å². The molecule has 0 spiro atoms. The molecule has 1 aliphatic carbocycles. The van der Waals surface area contributed by atoms with Crippen molar-refractivity contribution in [2.45, 2.75) is 29.0 Å². The van der Waals surface area contributed by atoms with Gasteiger partial charge >= 0.3 is 0 Å². The van der Waals surface area contributed by atoms with Gasteiger partial charge in [-0.25, -0.2) is 4.99 Å². The number of fused-ring (bicyclic) bond motifs is 3. The Morgan fingerprint density at radius 1 is 0.455 bits per heavy atom. The smallest absolute Gasteiger partial charge is 0.156 e. The van der Waals surface area contributed by atoms with E-state index in [1.54, 1.807) is 0 Å². The third-order valence-corrected chi connectivity index (χ3v) is 12.1. The van der Waals surface area contributed by atoms with Crippen LogP contribution in [0.2, 0.25) is 0 Å². The molecule has 0 amide bonds. The first-order valence-electron chi connectivity index (χ1n) is 19.1. The molecule has 2 nitrogen and oxygen atoms in total. The summed E-state index contributed by atoms with van der Waals surface area (Å²) in [5, 5.41) is 0.0109. The number of benzene rings is 7. The van der Waals surface area contributed by atoms with Crippen molar-refractivity contribution in [3.63, 3.8) is 0 Å². The molecule has 0 saturated heterocycles. The Kier molecular flexibility index (Phi) is 8.78. The van der Waals surface area contributed by atoms with E-state index in [-0.39, 0.29) is 11.3 Å². The second-order valence-corrected chi connectivity index (χ2v) is 15.6. The minimum absolute atomic E-state index is 0.0109. The van der Waals surface area contributed by atoms with Crippen LogP contribution in [0.4, 0.5) is 0 Å². The lowest BCUT2D eigenvalue weighted by Gasteiger charge is -2.25. The van der Waals surface area contributed by atoms with Crippen molar-refractivity contribution < 1.29 is 0 Å². The van der Waals surface area contributed by atoms with Crippen molar-refractivity contribution in [1.29, 1.82) is 0 Å². The monoisotopic (exact) mass is 722 g/mol. The maximum atomic E-state index is 5.50. The van der Waals surface area contributed by atoms with E-state index in [2.05, 4.69) is 194 Å². The van der Waals surface area contributed by atoms with Gasteiger partial charge in [0.05, 0.1) is 11.6 Å². The number of thioether (sulfide) groups is 1. The minimum atomic E-state index is 0.0109. The quantitative estimate of drug-likeness (QED) is 0.161. The van der Waals surface area contributed by atoms with Crippen LogP contribution in [0.1, 0.15) is 46.6 Å². The number of amidine groups is 1. The van der Waals surface area contributed by atoms with Gasteiger partial charge in [-0.15, -0.1) is 0 Å².